The molecular weight excluding hydrogens is 298 g/mol. The average molecular weight is 311 g/mol. The number of aromatic nitrogens is 2. The van der Waals surface area contributed by atoms with Crippen LogP contribution in [0.2, 0.25) is 0 Å². The standard InChI is InChI=1S/C16H13N3O2S/c1-10-2-5-15(17-7-10)19-16-18-12(8-22-16)11-3-4-13-14(6-11)21-9-20-13/h2-8H,9H2,1H3,(H,17,18,19). The monoisotopic (exact) mass is 311 g/mol. The van der Waals surface area contributed by atoms with Gasteiger partial charge in [-0.05, 0) is 36.8 Å². The Morgan fingerprint density at radius 3 is 2.91 bits per heavy atom. The van der Waals surface area contributed by atoms with Crippen molar-refractivity contribution in [2.45, 2.75) is 6.92 Å². The molecule has 0 saturated heterocycles. The van der Waals surface area contributed by atoms with Crippen LogP contribution in [0.4, 0.5) is 10.9 Å². The van der Waals surface area contributed by atoms with Gasteiger partial charge in [0.15, 0.2) is 16.6 Å². The third-order valence-electron chi connectivity index (χ3n) is 3.32. The SMILES string of the molecule is Cc1ccc(Nc2nc(-c3ccc4c(c3)OCO4)cs2)nc1. The van der Waals surface area contributed by atoms with Gasteiger partial charge in [0.1, 0.15) is 5.82 Å². The Labute approximate surface area is 131 Å². The van der Waals surface area contributed by atoms with Gasteiger partial charge in [-0.1, -0.05) is 6.07 Å². The maximum atomic E-state index is 5.40. The minimum Gasteiger partial charge on any atom is -0.454 e. The molecule has 1 aliphatic rings. The number of thiazole rings is 1. The number of ether oxygens (including phenoxy) is 2. The number of nitrogens with one attached hydrogen (secondary N) is 1. The van der Waals surface area contributed by atoms with Crippen LogP contribution in [0.15, 0.2) is 41.9 Å². The lowest BCUT2D eigenvalue weighted by atomic mass is 10.1. The summed E-state index contributed by atoms with van der Waals surface area (Å²) in [7, 11) is 0. The van der Waals surface area contributed by atoms with Crippen molar-refractivity contribution in [2.75, 3.05) is 12.1 Å². The van der Waals surface area contributed by atoms with Gasteiger partial charge in [0.2, 0.25) is 6.79 Å². The molecule has 0 saturated carbocycles. The predicted octanol–water partition coefficient (Wildman–Crippen LogP) is 3.99. The minimum absolute atomic E-state index is 0.280. The highest BCUT2D eigenvalue weighted by atomic mass is 32.1. The molecule has 0 unspecified atom stereocenters. The number of nitrogens with zero attached hydrogens (tertiary/aromatic N) is 2. The lowest BCUT2D eigenvalue weighted by Gasteiger charge is -2.02. The third kappa shape index (κ3) is 2.48. The van der Waals surface area contributed by atoms with Gasteiger partial charge in [0.05, 0.1) is 5.69 Å². The molecule has 0 spiro atoms. The van der Waals surface area contributed by atoms with Gasteiger partial charge in [0.25, 0.3) is 0 Å². The number of anilines is 2. The Hall–Kier alpha value is -2.60. The van der Waals surface area contributed by atoms with Gasteiger partial charge in [-0.15, -0.1) is 11.3 Å². The van der Waals surface area contributed by atoms with Crippen LogP contribution < -0.4 is 14.8 Å². The second-order valence-corrected chi connectivity index (χ2v) is 5.81. The van der Waals surface area contributed by atoms with Crippen molar-refractivity contribution in [3.8, 4) is 22.8 Å². The van der Waals surface area contributed by atoms with Crippen LogP contribution in [0.25, 0.3) is 11.3 Å². The van der Waals surface area contributed by atoms with Crippen LogP contribution in [-0.4, -0.2) is 16.8 Å². The summed E-state index contributed by atoms with van der Waals surface area (Å²) in [5.41, 5.74) is 3.04. The molecule has 3 aromatic rings. The molecule has 110 valence electrons. The Morgan fingerprint density at radius 1 is 1.14 bits per heavy atom. The van der Waals surface area contributed by atoms with E-state index in [0.717, 1.165) is 39.3 Å². The van der Waals surface area contributed by atoms with Crippen molar-refractivity contribution < 1.29 is 9.47 Å². The number of fused-ring (bicyclic) bond motifs is 1. The molecule has 0 radical (unpaired) electrons. The van der Waals surface area contributed by atoms with Crippen molar-refractivity contribution in [1.82, 2.24) is 9.97 Å². The number of pyridine rings is 1. The number of aryl methyl sites for hydroxylation is 1. The van der Waals surface area contributed by atoms with Crippen molar-refractivity contribution >= 4 is 22.3 Å². The maximum absolute atomic E-state index is 5.40. The number of hydrogen-bond acceptors (Lipinski definition) is 6. The zero-order chi connectivity index (χ0) is 14.9. The van der Waals surface area contributed by atoms with E-state index in [1.807, 2.05) is 48.8 Å². The van der Waals surface area contributed by atoms with Gasteiger partial charge in [-0.25, -0.2) is 9.97 Å². The molecule has 3 heterocycles. The van der Waals surface area contributed by atoms with Crippen molar-refractivity contribution in [3.63, 3.8) is 0 Å². The summed E-state index contributed by atoms with van der Waals surface area (Å²) in [5.74, 6) is 2.33. The zero-order valence-corrected chi connectivity index (χ0v) is 12.7. The normalized spacial score (nSPS) is 12.4. The Kier molecular flexibility index (Phi) is 3.16. The number of benzene rings is 1. The smallest absolute Gasteiger partial charge is 0.231 e. The first kappa shape index (κ1) is 13.1. The summed E-state index contributed by atoms with van der Waals surface area (Å²) in [6, 6.07) is 9.80. The van der Waals surface area contributed by atoms with Gasteiger partial charge in [-0.2, -0.15) is 0 Å². The quantitative estimate of drug-likeness (QED) is 0.792. The van der Waals surface area contributed by atoms with Crippen molar-refractivity contribution in [2.24, 2.45) is 0 Å². The van der Waals surface area contributed by atoms with Crippen LogP contribution in [0, 0.1) is 6.92 Å². The molecule has 0 fully saturated rings. The highest BCUT2D eigenvalue weighted by molar-refractivity contribution is 7.14. The van der Waals surface area contributed by atoms with Crippen LogP contribution in [-0.2, 0) is 0 Å². The van der Waals surface area contributed by atoms with E-state index in [1.165, 1.54) is 0 Å². The Balaban J connectivity index is 1.57. The van der Waals surface area contributed by atoms with Crippen molar-refractivity contribution in [3.05, 3.63) is 47.5 Å². The van der Waals surface area contributed by atoms with Gasteiger partial charge >= 0.3 is 0 Å². The molecular formula is C16H13N3O2S. The van der Waals surface area contributed by atoms with E-state index in [2.05, 4.69) is 15.3 Å². The van der Waals surface area contributed by atoms with E-state index >= 15 is 0 Å². The molecule has 6 heteroatoms. The molecule has 4 rings (SSSR count). The summed E-state index contributed by atoms with van der Waals surface area (Å²) in [6.07, 6.45) is 1.83. The largest absolute Gasteiger partial charge is 0.454 e. The molecule has 0 atom stereocenters. The van der Waals surface area contributed by atoms with Crippen LogP contribution in [0.3, 0.4) is 0 Å². The summed E-state index contributed by atoms with van der Waals surface area (Å²) < 4.78 is 10.7. The lowest BCUT2D eigenvalue weighted by molar-refractivity contribution is 0.174. The Bertz CT molecular complexity index is 815. The van der Waals surface area contributed by atoms with E-state index < -0.39 is 0 Å². The second-order valence-electron chi connectivity index (χ2n) is 4.95. The first-order valence-corrected chi connectivity index (χ1v) is 7.71. The summed E-state index contributed by atoms with van der Waals surface area (Å²) in [6.45, 7) is 2.29. The molecule has 2 aromatic heterocycles. The van der Waals surface area contributed by atoms with E-state index in [9.17, 15) is 0 Å². The highest BCUT2D eigenvalue weighted by Crippen LogP contribution is 2.36. The number of rotatable bonds is 3. The lowest BCUT2D eigenvalue weighted by Crippen LogP contribution is -1.93. The fourth-order valence-corrected chi connectivity index (χ4v) is 2.90. The third-order valence-corrected chi connectivity index (χ3v) is 4.08. The summed E-state index contributed by atoms with van der Waals surface area (Å²) in [4.78, 5) is 8.92. The fourth-order valence-electron chi connectivity index (χ4n) is 2.17. The molecule has 0 aliphatic carbocycles. The molecule has 0 amide bonds. The fraction of sp³-hybridized carbons (Fsp3) is 0.125. The van der Waals surface area contributed by atoms with Crippen LogP contribution in [0.1, 0.15) is 5.56 Å². The predicted molar refractivity (Wildman–Crippen MR) is 85.9 cm³/mol. The second kappa shape index (κ2) is 5.31. The van der Waals surface area contributed by atoms with Crippen LogP contribution >= 0.6 is 11.3 Å². The van der Waals surface area contributed by atoms with E-state index in [1.54, 1.807) is 11.3 Å². The summed E-state index contributed by atoms with van der Waals surface area (Å²) >= 11 is 1.54. The van der Waals surface area contributed by atoms with E-state index in [4.69, 9.17) is 9.47 Å². The first-order chi connectivity index (χ1) is 10.8. The topological polar surface area (TPSA) is 56.3 Å². The van der Waals surface area contributed by atoms with E-state index in [-0.39, 0.29) is 6.79 Å². The molecule has 1 aromatic carbocycles. The maximum Gasteiger partial charge on any atom is 0.231 e. The van der Waals surface area contributed by atoms with Gasteiger partial charge in [0, 0.05) is 17.1 Å². The number of hydrogen-bond donors (Lipinski definition) is 1. The van der Waals surface area contributed by atoms with Gasteiger partial charge in [-0.3, -0.25) is 0 Å². The molecule has 0 bridgehead atoms. The van der Waals surface area contributed by atoms with Gasteiger partial charge < -0.3 is 14.8 Å². The first-order valence-electron chi connectivity index (χ1n) is 6.83. The van der Waals surface area contributed by atoms with Crippen LogP contribution in [0.5, 0.6) is 11.5 Å². The minimum atomic E-state index is 0.280. The average Bonchev–Trinajstić information content (AvgIpc) is 3.17. The van der Waals surface area contributed by atoms with E-state index in [0.29, 0.717) is 0 Å². The molecule has 5 nitrogen and oxygen atoms in total. The zero-order valence-electron chi connectivity index (χ0n) is 11.9. The molecule has 1 N–H and O–H groups in total. The highest BCUT2D eigenvalue weighted by Gasteiger charge is 2.15. The Morgan fingerprint density at radius 2 is 2.05 bits per heavy atom. The molecule has 1 aliphatic heterocycles. The molecule has 22 heavy (non-hydrogen) atoms. The van der Waals surface area contributed by atoms with Crippen molar-refractivity contribution in [1.29, 1.82) is 0 Å². The summed E-state index contributed by atoms with van der Waals surface area (Å²) in [5, 5.41) is 6.03.